The van der Waals surface area contributed by atoms with E-state index in [0.717, 1.165) is 6.54 Å². The molecule has 1 unspecified atom stereocenters. The molecular weight excluding hydrogens is 262 g/mol. The Kier molecular flexibility index (Phi) is 5.14. The molecule has 1 aromatic rings. The summed E-state index contributed by atoms with van der Waals surface area (Å²) in [6, 6.07) is 5.18. The van der Waals surface area contributed by atoms with Crippen molar-refractivity contribution in [3.05, 3.63) is 28.3 Å². The van der Waals surface area contributed by atoms with Gasteiger partial charge in [0.2, 0.25) is 0 Å². The van der Waals surface area contributed by atoms with Crippen LogP contribution in [0.1, 0.15) is 6.92 Å². The van der Waals surface area contributed by atoms with Gasteiger partial charge in [-0.25, -0.2) is 0 Å². The highest BCUT2D eigenvalue weighted by Gasteiger charge is 2.22. The molecule has 0 amide bonds. The van der Waals surface area contributed by atoms with Gasteiger partial charge >= 0.3 is 5.69 Å². The van der Waals surface area contributed by atoms with E-state index in [2.05, 4.69) is 10.6 Å². The zero-order chi connectivity index (χ0) is 14.4. The number of hydrogen-bond acceptors (Lipinski definition) is 6. The Morgan fingerprint density at radius 3 is 3.10 bits per heavy atom. The third-order valence-corrected chi connectivity index (χ3v) is 3.02. The average Bonchev–Trinajstić information content (AvgIpc) is 2.46. The van der Waals surface area contributed by atoms with Crippen LogP contribution in [-0.4, -0.2) is 43.9 Å². The van der Waals surface area contributed by atoms with Gasteiger partial charge in [0.15, 0.2) is 5.75 Å². The van der Waals surface area contributed by atoms with Crippen molar-refractivity contribution in [2.24, 2.45) is 0 Å². The van der Waals surface area contributed by atoms with Crippen molar-refractivity contribution < 1.29 is 14.4 Å². The molecule has 1 aliphatic heterocycles. The van der Waals surface area contributed by atoms with Gasteiger partial charge in [0.05, 0.1) is 24.7 Å². The van der Waals surface area contributed by atoms with Crippen molar-refractivity contribution in [2.45, 2.75) is 13.0 Å². The first kappa shape index (κ1) is 14.5. The maximum absolute atomic E-state index is 11.2. The number of nitrogens with one attached hydrogen (secondary N) is 2. The van der Waals surface area contributed by atoms with Crippen LogP contribution in [0.4, 0.5) is 11.4 Å². The molecule has 0 saturated carbocycles. The number of ether oxygens (including phenoxy) is 2. The molecule has 1 aliphatic rings. The molecule has 7 heteroatoms. The number of benzene rings is 1. The van der Waals surface area contributed by atoms with E-state index in [9.17, 15) is 10.1 Å². The van der Waals surface area contributed by atoms with Crippen LogP contribution in [0.15, 0.2) is 18.2 Å². The highest BCUT2D eigenvalue weighted by Crippen LogP contribution is 2.34. The molecule has 7 nitrogen and oxygen atoms in total. The lowest BCUT2D eigenvalue weighted by Crippen LogP contribution is -2.45. The summed E-state index contributed by atoms with van der Waals surface area (Å²) in [6.07, 6.45) is 0. The predicted molar refractivity (Wildman–Crippen MR) is 75.4 cm³/mol. The van der Waals surface area contributed by atoms with Gasteiger partial charge in [-0.3, -0.25) is 10.1 Å². The molecule has 110 valence electrons. The standard InChI is InChI=1S/C13H19N3O4/c1-2-20-12-5-3-4-11(13(12)16(17)18)15-8-10-9-19-7-6-14-10/h3-5,10,14-15H,2,6-9H2,1H3. The second kappa shape index (κ2) is 7.06. The van der Waals surface area contributed by atoms with Crippen molar-refractivity contribution in [3.8, 4) is 5.75 Å². The maximum Gasteiger partial charge on any atom is 0.333 e. The average molecular weight is 281 g/mol. The molecule has 1 atom stereocenters. The van der Waals surface area contributed by atoms with Crippen LogP contribution in [0, 0.1) is 10.1 Å². The molecule has 0 aromatic heterocycles. The van der Waals surface area contributed by atoms with Gasteiger partial charge in [-0.05, 0) is 19.1 Å². The molecular formula is C13H19N3O4. The SMILES string of the molecule is CCOc1cccc(NCC2COCCN2)c1[N+](=O)[O-]. The normalized spacial score (nSPS) is 18.6. The zero-order valence-electron chi connectivity index (χ0n) is 11.4. The van der Waals surface area contributed by atoms with E-state index in [0.29, 0.717) is 32.1 Å². The van der Waals surface area contributed by atoms with Crippen LogP contribution in [0.3, 0.4) is 0 Å². The smallest absolute Gasteiger partial charge is 0.333 e. The van der Waals surface area contributed by atoms with Crippen LogP contribution >= 0.6 is 0 Å². The Labute approximate surface area is 117 Å². The minimum atomic E-state index is -0.419. The third-order valence-electron chi connectivity index (χ3n) is 3.02. The molecule has 1 heterocycles. The molecule has 1 saturated heterocycles. The molecule has 2 rings (SSSR count). The molecule has 1 aromatic carbocycles. The van der Waals surface area contributed by atoms with Crippen LogP contribution in [-0.2, 0) is 4.74 Å². The summed E-state index contributed by atoms with van der Waals surface area (Å²) in [5.41, 5.74) is 0.444. The van der Waals surface area contributed by atoms with Crippen molar-refractivity contribution in [1.29, 1.82) is 0 Å². The lowest BCUT2D eigenvalue weighted by Gasteiger charge is -2.24. The number of nitrogens with zero attached hydrogens (tertiary/aromatic N) is 1. The van der Waals surface area contributed by atoms with Crippen LogP contribution in [0.2, 0.25) is 0 Å². The van der Waals surface area contributed by atoms with Gasteiger partial charge in [0, 0.05) is 19.1 Å². The summed E-state index contributed by atoms with van der Waals surface area (Å²) in [4.78, 5) is 10.8. The molecule has 1 fully saturated rings. The zero-order valence-corrected chi connectivity index (χ0v) is 11.4. The van der Waals surface area contributed by atoms with E-state index in [-0.39, 0.29) is 17.5 Å². The molecule has 0 spiro atoms. The van der Waals surface area contributed by atoms with Crippen molar-refractivity contribution in [2.75, 3.05) is 38.2 Å². The van der Waals surface area contributed by atoms with Crippen molar-refractivity contribution >= 4 is 11.4 Å². The number of para-hydroxylation sites is 1. The van der Waals surface area contributed by atoms with E-state index in [4.69, 9.17) is 9.47 Å². The second-order valence-corrected chi connectivity index (χ2v) is 4.45. The first-order chi connectivity index (χ1) is 9.72. The van der Waals surface area contributed by atoms with Gasteiger partial charge in [-0.2, -0.15) is 0 Å². The first-order valence-corrected chi connectivity index (χ1v) is 6.67. The van der Waals surface area contributed by atoms with Gasteiger partial charge in [0.25, 0.3) is 0 Å². The monoisotopic (exact) mass is 281 g/mol. The maximum atomic E-state index is 11.2. The fourth-order valence-corrected chi connectivity index (χ4v) is 2.11. The van der Waals surface area contributed by atoms with E-state index in [1.165, 1.54) is 0 Å². The fourth-order valence-electron chi connectivity index (χ4n) is 2.11. The fraction of sp³-hybridized carbons (Fsp3) is 0.538. The Morgan fingerprint density at radius 2 is 2.45 bits per heavy atom. The Morgan fingerprint density at radius 1 is 1.60 bits per heavy atom. The number of rotatable bonds is 6. The lowest BCUT2D eigenvalue weighted by atomic mass is 10.2. The molecule has 0 aliphatic carbocycles. The number of morpholine rings is 1. The number of nitro benzene ring substituents is 1. The summed E-state index contributed by atoms with van der Waals surface area (Å²) < 4.78 is 10.7. The minimum absolute atomic E-state index is 0.0222. The first-order valence-electron chi connectivity index (χ1n) is 6.67. The van der Waals surface area contributed by atoms with E-state index in [1.807, 2.05) is 0 Å². The Balaban J connectivity index is 2.09. The van der Waals surface area contributed by atoms with Crippen LogP contribution < -0.4 is 15.4 Å². The summed E-state index contributed by atoms with van der Waals surface area (Å²) in [5, 5.41) is 17.6. The topological polar surface area (TPSA) is 85.7 Å². The molecule has 20 heavy (non-hydrogen) atoms. The van der Waals surface area contributed by atoms with Crippen LogP contribution in [0.5, 0.6) is 5.75 Å². The van der Waals surface area contributed by atoms with Gasteiger partial charge in [-0.15, -0.1) is 0 Å². The summed E-state index contributed by atoms with van der Waals surface area (Å²) in [7, 11) is 0. The van der Waals surface area contributed by atoms with E-state index >= 15 is 0 Å². The van der Waals surface area contributed by atoms with E-state index in [1.54, 1.807) is 25.1 Å². The lowest BCUT2D eigenvalue weighted by molar-refractivity contribution is -0.384. The largest absolute Gasteiger partial charge is 0.487 e. The van der Waals surface area contributed by atoms with Gasteiger partial charge < -0.3 is 20.1 Å². The summed E-state index contributed by atoms with van der Waals surface area (Å²) in [6.45, 7) is 4.86. The highest BCUT2D eigenvalue weighted by molar-refractivity contribution is 5.68. The number of nitro groups is 1. The molecule has 2 N–H and O–H groups in total. The van der Waals surface area contributed by atoms with Gasteiger partial charge in [0.1, 0.15) is 5.69 Å². The number of hydrogen-bond donors (Lipinski definition) is 2. The molecule has 0 bridgehead atoms. The summed E-state index contributed by atoms with van der Waals surface area (Å²) in [5.74, 6) is 0.287. The Hall–Kier alpha value is -1.86. The molecule has 0 radical (unpaired) electrons. The van der Waals surface area contributed by atoms with Crippen molar-refractivity contribution in [3.63, 3.8) is 0 Å². The minimum Gasteiger partial charge on any atom is -0.487 e. The number of anilines is 1. The van der Waals surface area contributed by atoms with Crippen molar-refractivity contribution in [1.82, 2.24) is 5.32 Å². The highest BCUT2D eigenvalue weighted by atomic mass is 16.6. The Bertz CT molecular complexity index is 461. The summed E-state index contributed by atoms with van der Waals surface area (Å²) >= 11 is 0. The van der Waals surface area contributed by atoms with Crippen LogP contribution in [0.25, 0.3) is 0 Å². The quantitative estimate of drug-likeness (QED) is 0.605. The predicted octanol–water partition coefficient (Wildman–Crippen LogP) is 1.39. The second-order valence-electron chi connectivity index (χ2n) is 4.45. The van der Waals surface area contributed by atoms with E-state index < -0.39 is 4.92 Å². The third kappa shape index (κ3) is 3.58. The van der Waals surface area contributed by atoms with Gasteiger partial charge in [-0.1, -0.05) is 6.07 Å².